The number of nitrogens with one attached hydrogen (secondary N) is 2. The van der Waals surface area contributed by atoms with Crippen molar-refractivity contribution in [2.24, 2.45) is 0 Å². The second-order valence-corrected chi connectivity index (χ2v) is 8.51. The molecule has 1 heterocycles. The highest BCUT2D eigenvalue weighted by atomic mass is 35.5. The Bertz CT molecular complexity index is 1020. The maximum absolute atomic E-state index is 12.2. The molecule has 1 aromatic heterocycles. The molecule has 3 rings (SSSR count). The van der Waals surface area contributed by atoms with Crippen LogP contribution >= 0.6 is 34.7 Å². The molecule has 0 bridgehead atoms. The van der Waals surface area contributed by atoms with E-state index in [0.717, 1.165) is 5.56 Å². The van der Waals surface area contributed by atoms with Crippen molar-refractivity contribution in [1.82, 2.24) is 10.2 Å². The number of methoxy groups -OCH3 is 1. The number of benzene rings is 2. The lowest BCUT2D eigenvalue weighted by molar-refractivity contribution is -0.113. The predicted octanol–water partition coefficient (Wildman–Crippen LogP) is 4.49. The van der Waals surface area contributed by atoms with Crippen molar-refractivity contribution >= 4 is 57.3 Å². The minimum Gasteiger partial charge on any atom is -0.495 e. The SMILES string of the molecule is COc1ccc(Cl)cc1NC(=O)CSc1nnc(NC(=O)c2ccc(C)cc2)s1. The first kappa shape index (κ1) is 21.1. The van der Waals surface area contributed by atoms with Gasteiger partial charge in [0.2, 0.25) is 11.0 Å². The van der Waals surface area contributed by atoms with Crippen LogP contribution in [0.25, 0.3) is 0 Å². The summed E-state index contributed by atoms with van der Waals surface area (Å²) < 4.78 is 5.77. The van der Waals surface area contributed by atoms with Crippen LogP contribution in [0.5, 0.6) is 5.75 Å². The minimum atomic E-state index is -0.261. The summed E-state index contributed by atoms with van der Waals surface area (Å²) in [5, 5.41) is 14.3. The summed E-state index contributed by atoms with van der Waals surface area (Å²) in [6.45, 7) is 1.95. The Kier molecular flexibility index (Phi) is 7.08. The maximum atomic E-state index is 12.2. The zero-order valence-electron chi connectivity index (χ0n) is 15.6. The van der Waals surface area contributed by atoms with Crippen LogP contribution in [0.3, 0.4) is 0 Å². The van der Waals surface area contributed by atoms with Crippen molar-refractivity contribution in [3.05, 3.63) is 58.6 Å². The zero-order chi connectivity index (χ0) is 20.8. The molecule has 0 unspecified atom stereocenters. The van der Waals surface area contributed by atoms with Crippen LogP contribution in [-0.2, 0) is 4.79 Å². The van der Waals surface area contributed by atoms with Crippen LogP contribution in [-0.4, -0.2) is 34.9 Å². The van der Waals surface area contributed by atoms with Gasteiger partial charge in [-0.1, -0.05) is 52.4 Å². The fourth-order valence-electron chi connectivity index (χ4n) is 2.28. The Morgan fingerprint density at radius 3 is 2.62 bits per heavy atom. The monoisotopic (exact) mass is 448 g/mol. The first-order valence-corrected chi connectivity index (χ1v) is 10.6. The molecular weight excluding hydrogens is 432 g/mol. The average Bonchev–Trinajstić information content (AvgIpc) is 3.14. The highest BCUT2D eigenvalue weighted by Gasteiger charge is 2.13. The molecule has 0 spiro atoms. The highest BCUT2D eigenvalue weighted by Crippen LogP contribution is 2.29. The maximum Gasteiger partial charge on any atom is 0.257 e. The Balaban J connectivity index is 1.54. The van der Waals surface area contributed by atoms with Gasteiger partial charge in [-0.25, -0.2) is 0 Å². The smallest absolute Gasteiger partial charge is 0.257 e. The number of rotatable bonds is 7. The number of hydrogen-bond donors (Lipinski definition) is 2. The molecule has 2 aromatic carbocycles. The first-order chi connectivity index (χ1) is 13.9. The number of hydrogen-bond acceptors (Lipinski definition) is 7. The van der Waals surface area contributed by atoms with E-state index >= 15 is 0 Å². The number of nitrogens with zero attached hydrogens (tertiary/aromatic N) is 2. The van der Waals surface area contributed by atoms with Crippen molar-refractivity contribution in [3.63, 3.8) is 0 Å². The van der Waals surface area contributed by atoms with Crippen molar-refractivity contribution in [3.8, 4) is 5.75 Å². The molecule has 0 radical (unpaired) electrons. The molecular formula is C19H17ClN4O3S2. The quantitative estimate of drug-likeness (QED) is 0.408. The number of aryl methyl sites for hydroxylation is 1. The first-order valence-electron chi connectivity index (χ1n) is 8.42. The van der Waals surface area contributed by atoms with Gasteiger partial charge in [-0.2, -0.15) is 0 Å². The summed E-state index contributed by atoms with van der Waals surface area (Å²) in [4.78, 5) is 24.4. The molecule has 29 heavy (non-hydrogen) atoms. The number of amides is 2. The number of carbonyl (C=O) groups excluding carboxylic acids is 2. The van der Waals surface area contributed by atoms with Gasteiger partial charge in [0.25, 0.3) is 5.91 Å². The molecule has 2 N–H and O–H groups in total. The summed E-state index contributed by atoms with van der Waals surface area (Å²) in [6, 6.07) is 12.2. The summed E-state index contributed by atoms with van der Waals surface area (Å²) in [6.07, 6.45) is 0. The third-order valence-corrected chi connectivity index (χ3v) is 5.91. The van der Waals surface area contributed by atoms with E-state index in [2.05, 4.69) is 20.8 Å². The summed E-state index contributed by atoms with van der Waals surface area (Å²) >= 11 is 8.38. The summed E-state index contributed by atoms with van der Waals surface area (Å²) in [7, 11) is 1.52. The second kappa shape index (κ2) is 9.73. The van der Waals surface area contributed by atoms with Gasteiger partial charge in [-0.05, 0) is 37.3 Å². The van der Waals surface area contributed by atoms with Gasteiger partial charge in [-0.3, -0.25) is 14.9 Å². The van der Waals surface area contributed by atoms with E-state index in [9.17, 15) is 9.59 Å². The number of thioether (sulfide) groups is 1. The molecule has 0 atom stereocenters. The molecule has 2 amide bonds. The van der Waals surface area contributed by atoms with Crippen LogP contribution in [0.4, 0.5) is 10.8 Å². The lowest BCUT2D eigenvalue weighted by Gasteiger charge is -2.09. The number of aromatic nitrogens is 2. The number of halogens is 1. The lowest BCUT2D eigenvalue weighted by Crippen LogP contribution is -2.14. The van der Waals surface area contributed by atoms with Gasteiger partial charge in [0.1, 0.15) is 5.75 Å². The normalized spacial score (nSPS) is 10.4. The van der Waals surface area contributed by atoms with Crippen molar-refractivity contribution in [2.45, 2.75) is 11.3 Å². The van der Waals surface area contributed by atoms with Crippen LogP contribution in [0.1, 0.15) is 15.9 Å². The molecule has 150 valence electrons. The van der Waals surface area contributed by atoms with Gasteiger partial charge < -0.3 is 10.1 Å². The topological polar surface area (TPSA) is 93.2 Å². The molecule has 0 fully saturated rings. The standard InChI is InChI=1S/C19H17ClN4O3S2/c1-11-3-5-12(6-4-11)17(26)22-18-23-24-19(29-18)28-10-16(25)21-14-9-13(20)7-8-15(14)27-2/h3-9H,10H2,1-2H3,(H,21,25)(H,22,23,26). The second-order valence-electron chi connectivity index (χ2n) is 5.87. The fraction of sp³-hybridized carbons (Fsp3) is 0.158. The van der Waals surface area contributed by atoms with Gasteiger partial charge in [0.05, 0.1) is 18.6 Å². The van der Waals surface area contributed by atoms with Gasteiger partial charge in [0.15, 0.2) is 4.34 Å². The predicted molar refractivity (Wildman–Crippen MR) is 116 cm³/mol. The van der Waals surface area contributed by atoms with Crippen molar-refractivity contribution in [2.75, 3.05) is 23.5 Å². The lowest BCUT2D eigenvalue weighted by atomic mass is 10.1. The zero-order valence-corrected chi connectivity index (χ0v) is 18.0. The van der Waals surface area contributed by atoms with E-state index < -0.39 is 0 Å². The third-order valence-electron chi connectivity index (χ3n) is 3.70. The van der Waals surface area contributed by atoms with Crippen molar-refractivity contribution in [1.29, 1.82) is 0 Å². The molecule has 0 saturated heterocycles. The number of carbonyl (C=O) groups is 2. The van der Waals surface area contributed by atoms with E-state index in [1.165, 1.54) is 30.2 Å². The van der Waals surface area contributed by atoms with Gasteiger partial charge in [-0.15, -0.1) is 10.2 Å². The molecule has 7 nitrogen and oxygen atoms in total. The summed E-state index contributed by atoms with van der Waals surface area (Å²) in [5.74, 6) is 0.139. The van der Waals surface area contributed by atoms with Crippen LogP contribution in [0.15, 0.2) is 46.8 Å². The third kappa shape index (κ3) is 5.93. The van der Waals surface area contributed by atoms with E-state index in [1.54, 1.807) is 30.3 Å². The molecule has 0 saturated carbocycles. The molecule has 0 aliphatic heterocycles. The molecule has 0 aliphatic rings. The van der Waals surface area contributed by atoms with Crippen LogP contribution in [0, 0.1) is 6.92 Å². The largest absolute Gasteiger partial charge is 0.495 e. The Morgan fingerprint density at radius 2 is 1.90 bits per heavy atom. The van der Waals surface area contributed by atoms with E-state index in [-0.39, 0.29) is 17.6 Å². The van der Waals surface area contributed by atoms with E-state index in [0.29, 0.717) is 31.5 Å². The Hall–Kier alpha value is -2.62. The van der Waals surface area contributed by atoms with Crippen molar-refractivity contribution < 1.29 is 14.3 Å². The molecule has 3 aromatic rings. The minimum absolute atomic E-state index is 0.121. The van der Waals surface area contributed by atoms with E-state index in [1.807, 2.05) is 19.1 Å². The van der Waals surface area contributed by atoms with E-state index in [4.69, 9.17) is 16.3 Å². The Morgan fingerprint density at radius 1 is 1.14 bits per heavy atom. The Labute approximate surface area is 180 Å². The average molecular weight is 449 g/mol. The van der Waals surface area contributed by atoms with Gasteiger partial charge in [0, 0.05) is 10.6 Å². The highest BCUT2D eigenvalue weighted by molar-refractivity contribution is 8.01. The van der Waals surface area contributed by atoms with Gasteiger partial charge >= 0.3 is 0 Å². The summed E-state index contributed by atoms with van der Waals surface area (Å²) in [5.41, 5.74) is 2.11. The number of anilines is 2. The van der Waals surface area contributed by atoms with Crippen LogP contribution < -0.4 is 15.4 Å². The molecule has 0 aliphatic carbocycles. The molecule has 10 heteroatoms. The fourth-order valence-corrected chi connectivity index (χ4v) is 4.00. The van der Waals surface area contributed by atoms with Crippen LogP contribution in [0.2, 0.25) is 5.02 Å². The number of ether oxygens (including phenoxy) is 1.